The Morgan fingerprint density at radius 1 is 1.21 bits per heavy atom. The maximum atomic E-state index is 12.3. The Hall–Kier alpha value is -3.31. The zero-order chi connectivity index (χ0) is 20.1. The lowest BCUT2D eigenvalue weighted by molar-refractivity contribution is -0.385. The van der Waals surface area contributed by atoms with Crippen LogP contribution in [0.15, 0.2) is 57.9 Å². The van der Waals surface area contributed by atoms with Crippen LogP contribution >= 0.6 is 0 Å². The van der Waals surface area contributed by atoms with E-state index in [1.165, 1.54) is 18.2 Å². The van der Waals surface area contributed by atoms with Gasteiger partial charge >= 0.3 is 0 Å². The molecule has 0 saturated heterocycles. The minimum absolute atomic E-state index is 0.0536. The highest BCUT2D eigenvalue weighted by Crippen LogP contribution is 2.21. The topological polar surface area (TPSA) is 137 Å². The second kappa shape index (κ2) is 8.15. The fraction of sp³-hybridized carbons (Fsp3) is 0.176. The van der Waals surface area contributed by atoms with Crippen LogP contribution in [0.3, 0.4) is 0 Å². The summed E-state index contributed by atoms with van der Waals surface area (Å²) in [6.07, 6.45) is 0. The van der Waals surface area contributed by atoms with Gasteiger partial charge in [-0.25, -0.2) is 13.1 Å². The fourth-order valence-electron chi connectivity index (χ4n) is 2.32. The van der Waals surface area contributed by atoms with E-state index in [9.17, 15) is 18.5 Å². The molecule has 0 radical (unpaired) electrons. The van der Waals surface area contributed by atoms with Crippen LogP contribution in [-0.2, 0) is 16.6 Å². The molecule has 0 spiro atoms. The summed E-state index contributed by atoms with van der Waals surface area (Å²) in [6.45, 7) is 2.18. The first-order valence-corrected chi connectivity index (χ1v) is 9.67. The molecule has 0 saturated carbocycles. The number of rotatable bonds is 8. The third-order valence-corrected chi connectivity index (χ3v) is 5.04. The first-order valence-electron chi connectivity index (χ1n) is 8.19. The van der Waals surface area contributed by atoms with Gasteiger partial charge in [0.15, 0.2) is 0 Å². The van der Waals surface area contributed by atoms with Gasteiger partial charge in [0.1, 0.15) is 5.75 Å². The summed E-state index contributed by atoms with van der Waals surface area (Å²) in [5, 5.41) is 14.6. The highest BCUT2D eigenvalue weighted by atomic mass is 32.2. The Morgan fingerprint density at radius 2 is 1.96 bits per heavy atom. The SMILES string of the molecule is CCOc1ccc(-c2noc(CNS(=O)(=O)c3cccc([N+](=O)[O-])c3)n2)cc1. The fourth-order valence-corrected chi connectivity index (χ4v) is 3.33. The second-order valence-corrected chi connectivity index (χ2v) is 7.32. The molecule has 2 aromatic carbocycles. The molecule has 1 heterocycles. The predicted molar refractivity (Wildman–Crippen MR) is 98.0 cm³/mol. The highest BCUT2D eigenvalue weighted by molar-refractivity contribution is 7.89. The summed E-state index contributed by atoms with van der Waals surface area (Å²) in [7, 11) is -3.98. The molecule has 1 aromatic heterocycles. The molecule has 146 valence electrons. The molecule has 0 amide bonds. The van der Waals surface area contributed by atoms with Crippen LogP contribution in [0, 0.1) is 10.1 Å². The third-order valence-electron chi connectivity index (χ3n) is 3.64. The van der Waals surface area contributed by atoms with Crippen molar-refractivity contribution in [1.82, 2.24) is 14.9 Å². The van der Waals surface area contributed by atoms with Gasteiger partial charge in [0.2, 0.25) is 21.7 Å². The van der Waals surface area contributed by atoms with Crippen molar-refractivity contribution in [3.63, 3.8) is 0 Å². The lowest BCUT2D eigenvalue weighted by atomic mass is 10.2. The lowest BCUT2D eigenvalue weighted by Gasteiger charge is -2.04. The number of nitro groups is 1. The maximum absolute atomic E-state index is 12.3. The van der Waals surface area contributed by atoms with E-state index in [0.717, 1.165) is 6.07 Å². The second-order valence-electron chi connectivity index (χ2n) is 5.55. The zero-order valence-corrected chi connectivity index (χ0v) is 15.5. The number of ether oxygens (including phenoxy) is 1. The van der Waals surface area contributed by atoms with E-state index in [4.69, 9.17) is 9.26 Å². The van der Waals surface area contributed by atoms with Crippen molar-refractivity contribution in [3.05, 3.63) is 64.5 Å². The van der Waals surface area contributed by atoms with Gasteiger partial charge in [-0.1, -0.05) is 11.2 Å². The number of benzene rings is 2. The molecular formula is C17H16N4O6S. The van der Waals surface area contributed by atoms with Crippen LogP contribution in [0.5, 0.6) is 5.75 Å². The summed E-state index contributed by atoms with van der Waals surface area (Å²) in [6, 6.07) is 11.8. The molecule has 0 aliphatic rings. The largest absolute Gasteiger partial charge is 0.494 e. The summed E-state index contributed by atoms with van der Waals surface area (Å²) in [5.74, 6) is 1.06. The standard InChI is InChI=1S/C17H16N4O6S/c1-2-26-14-8-6-12(7-9-14)17-19-16(27-20-17)11-18-28(24,25)15-5-3-4-13(10-15)21(22)23/h3-10,18H,2,11H2,1H3. The number of hydrogen-bond donors (Lipinski definition) is 1. The Bertz CT molecular complexity index is 1080. The number of nitrogens with one attached hydrogen (secondary N) is 1. The molecule has 1 N–H and O–H groups in total. The minimum Gasteiger partial charge on any atom is -0.494 e. The Kier molecular flexibility index (Phi) is 5.66. The van der Waals surface area contributed by atoms with Gasteiger partial charge in [-0.2, -0.15) is 4.98 Å². The first-order chi connectivity index (χ1) is 13.4. The van der Waals surface area contributed by atoms with Crippen LogP contribution in [0.1, 0.15) is 12.8 Å². The molecule has 0 atom stereocenters. The summed E-state index contributed by atoms with van der Waals surface area (Å²) in [4.78, 5) is 14.1. The van der Waals surface area contributed by atoms with Crippen molar-refractivity contribution < 1.29 is 22.6 Å². The van der Waals surface area contributed by atoms with Gasteiger partial charge in [0.05, 0.1) is 23.0 Å². The van der Waals surface area contributed by atoms with E-state index in [-0.39, 0.29) is 23.0 Å². The average Bonchev–Trinajstić information content (AvgIpc) is 3.16. The molecule has 0 bridgehead atoms. The van der Waals surface area contributed by atoms with Gasteiger partial charge in [-0.3, -0.25) is 10.1 Å². The van der Waals surface area contributed by atoms with Crippen LogP contribution < -0.4 is 9.46 Å². The highest BCUT2D eigenvalue weighted by Gasteiger charge is 2.19. The van der Waals surface area contributed by atoms with Gasteiger partial charge in [-0.05, 0) is 37.3 Å². The van der Waals surface area contributed by atoms with Crippen molar-refractivity contribution >= 4 is 15.7 Å². The number of sulfonamides is 1. The molecule has 0 fully saturated rings. The Morgan fingerprint density at radius 3 is 2.64 bits per heavy atom. The maximum Gasteiger partial charge on any atom is 0.270 e. The van der Waals surface area contributed by atoms with E-state index in [2.05, 4.69) is 14.9 Å². The van der Waals surface area contributed by atoms with Crippen LogP contribution in [0.4, 0.5) is 5.69 Å². The minimum atomic E-state index is -3.98. The normalized spacial score (nSPS) is 11.3. The van der Waals surface area contributed by atoms with Crippen LogP contribution in [0.25, 0.3) is 11.4 Å². The van der Waals surface area contributed by atoms with E-state index >= 15 is 0 Å². The molecule has 3 aromatic rings. The van der Waals surface area contributed by atoms with Crippen molar-refractivity contribution in [3.8, 4) is 17.1 Å². The van der Waals surface area contributed by atoms with E-state index < -0.39 is 14.9 Å². The van der Waals surface area contributed by atoms with E-state index in [1.807, 2.05) is 6.92 Å². The van der Waals surface area contributed by atoms with Gasteiger partial charge in [-0.15, -0.1) is 0 Å². The number of nitrogens with zero attached hydrogens (tertiary/aromatic N) is 3. The number of hydrogen-bond acceptors (Lipinski definition) is 8. The first kappa shape index (κ1) is 19.5. The van der Waals surface area contributed by atoms with Crippen molar-refractivity contribution in [2.24, 2.45) is 0 Å². The molecule has 0 unspecified atom stereocenters. The quantitative estimate of drug-likeness (QED) is 0.446. The summed E-state index contributed by atoms with van der Waals surface area (Å²) >= 11 is 0. The monoisotopic (exact) mass is 404 g/mol. The Labute approximate surface area is 160 Å². The molecule has 0 aliphatic carbocycles. The van der Waals surface area contributed by atoms with Crippen LogP contribution in [0.2, 0.25) is 0 Å². The summed E-state index contributed by atoms with van der Waals surface area (Å²) in [5.41, 5.74) is 0.360. The molecule has 11 heteroatoms. The average molecular weight is 404 g/mol. The van der Waals surface area contributed by atoms with E-state index in [0.29, 0.717) is 23.7 Å². The van der Waals surface area contributed by atoms with Gasteiger partial charge < -0.3 is 9.26 Å². The van der Waals surface area contributed by atoms with E-state index in [1.54, 1.807) is 24.3 Å². The number of non-ortho nitro benzene ring substituents is 1. The van der Waals surface area contributed by atoms with Crippen molar-refractivity contribution in [2.75, 3.05) is 6.61 Å². The molecule has 0 aliphatic heterocycles. The molecular weight excluding hydrogens is 388 g/mol. The molecule has 10 nitrogen and oxygen atoms in total. The zero-order valence-electron chi connectivity index (χ0n) is 14.7. The number of aromatic nitrogens is 2. The van der Waals surface area contributed by atoms with Gasteiger partial charge in [0, 0.05) is 17.7 Å². The predicted octanol–water partition coefficient (Wildman–Crippen LogP) is 2.52. The third kappa shape index (κ3) is 4.50. The van der Waals surface area contributed by atoms with Gasteiger partial charge in [0.25, 0.3) is 5.69 Å². The molecule has 28 heavy (non-hydrogen) atoms. The van der Waals surface area contributed by atoms with Crippen LogP contribution in [-0.4, -0.2) is 30.1 Å². The lowest BCUT2D eigenvalue weighted by Crippen LogP contribution is -2.23. The van der Waals surface area contributed by atoms with Crippen molar-refractivity contribution in [1.29, 1.82) is 0 Å². The molecule has 3 rings (SSSR count). The Balaban J connectivity index is 1.70. The summed E-state index contributed by atoms with van der Waals surface area (Å²) < 4.78 is 37.3. The van der Waals surface area contributed by atoms with Crippen molar-refractivity contribution in [2.45, 2.75) is 18.4 Å². The number of nitro benzene ring substituents is 1. The smallest absolute Gasteiger partial charge is 0.270 e.